The molecular formula is C40H52N4O6. The van der Waals surface area contributed by atoms with Crippen molar-refractivity contribution in [1.29, 1.82) is 0 Å². The molecule has 0 saturated carbocycles. The second-order valence-corrected chi connectivity index (χ2v) is 13.1. The van der Waals surface area contributed by atoms with Gasteiger partial charge in [-0.15, -0.1) is 0 Å². The van der Waals surface area contributed by atoms with Crippen molar-refractivity contribution in [2.45, 2.75) is 85.0 Å². The summed E-state index contributed by atoms with van der Waals surface area (Å²) in [6, 6.07) is 23.8. The molecule has 0 aromatic heterocycles. The summed E-state index contributed by atoms with van der Waals surface area (Å²) in [5, 5.41) is 8.50. The lowest BCUT2D eigenvalue weighted by molar-refractivity contribution is -0.142. The summed E-state index contributed by atoms with van der Waals surface area (Å²) in [7, 11) is 0. The third-order valence-corrected chi connectivity index (χ3v) is 8.44. The van der Waals surface area contributed by atoms with E-state index in [9.17, 15) is 24.0 Å². The largest absolute Gasteiger partial charge is 0.445 e. The molecule has 268 valence electrons. The van der Waals surface area contributed by atoms with Gasteiger partial charge in [-0.3, -0.25) is 14.4 Å². The first-order valence-electron chi connectivity index (χ1n) is 17.5. The van der Waals surface area contributed by atoms with E-state index in [1.165, 1.54) is 0 Å². The number of nitrogens with one attached hydrogen (secondary N) is 3. The van der Waals surface area contributed by atoms with E-state index in [2.05, 4.69) is 16.0 Å². The highest BCUT2D eigenvalue weighted by molar-refractivity contribution is 5.99. The molecule has 0 heterocycles. The van der Waals surface area contributed by atoms with Crippen molar-refractivity contribution in [3.63, 3.8) is 0 Å². The number of ether oxygens (including phenoxy) is 1. The van der Waals surface area contributed by atoms with Gasteiger partial charge in [0.05, 0.1) is 6.04 Å². The van der Waals surface area contributed by atoms with E-state index in [4.69, 9.17) is 4.74 Å². The SMILES string of the molecule is CCCN(C(=O)[C@@H](NC(=O)[C@H](CCCCNC(=O)OCc1ccccc1)NC(=O)c1ccc(-c2ccccc2)cc1)C(C)C)[C@H](C=O)C(C)C. The van der Waals surface area contributed by atoms with Gasteiger partial charge in [-0.05, 0) is 66.3 Å². The molecule has 3 aromatic rings. The van der Waals surface area contributed by atoms with Gasteiger partial charge >= 0.3 is 6.09 Å². The minimum absolute atomic E-state index is 0.101. The quantitative estimate of drug-likeness (QED) is 0.102. The Morgan fingerprint density at radius 3 is 1.98 bits per heavy atom. The van der Waals surface area contributed by atoms with E-state index in [0.29, 0.717) is 37.9 Å². The average molecular weight is 685 g/mol. The molecule has 0 saturated heterocycles. The van der Waals surface area contributed by atoms with Gasteiger partial charge in [-0.2, -0.15) is 0 Å². The normalized spacial score (nSPS) is 12.8. The molecule has 10 nitrogen and oxygen atoms in total. The molecule has 0 bridgehead atoms. The molecule has 3 rings (SSSR count). The predicted octanol–water partition coefficient (Wildman–Crippen LogP) is 6.15. The highest BCUT2D eigenvalue weighted by Crippen LogP contribution is 2.20. The number of benzene rings is 3. The summed E-state index contributed by atoms with van der Waals surface area (Å²) in [6.45, 7) is 10.2. The second-order valence-electron chi connectivity index (χ2n) is 13.1. The van der Waals surface area contributed by atoms with Gasteiger partial charge < -0.3 is 30.4 Å². The smallest absolute Gasteiger partial charge is 0.407 e. The van der Waals surface area contributed by atoms with E-state index in [0.717, 1.165) is 23.0 Å². The second kappa shape index (κ2) is 20.5. The molecule has 10 heteroatoms. The van der Waals surface area contributed by atoms with Crippen molar-refractivity contribution < 1.29 is 28.7 Å². The molecule has 0 aliphatic carbocycles. The molecule has 0 aliphatic rings. The van der Waals surface area contributed by atoms with Gasteiger partial charge in [0.2, 0.25) is 11.8 Å². The van der Waals surface area contributed by atoms with Crippen molar-refractivity contribution in [3.05, 3.63) is 96.1 Å². The summed E-state index contributed by atoms with van der Waals surface area (Å²) in [6.07, 6.45) is 2.18. The molecule has 0 aliphatic heterocycles. The Hall–Kier alpha value is -4.99. The molecular weight excluding hydrogens is 632 g/mol. The number of nitrogens with zero attached hydrogens (tertiary/aromatic N) is 1. The third kappa shape index (κ3) is 12.2. The van der Waals surface area contributed by atoms with Crippen LogP contribution in [-0.2, 0) is 25.7 Å². The van der Waals surface area contributed by atoms with E-state index >= 15 is 0 Å². The van der Waals surface area contributed by atoms with Crippen LogP contribution >= 0.6 is 0 Å². The zero-order valence-corrected chi connectivity index (χ0v) is 29.9. The van der Waals surface area contributed by atoms with Crippen molar-refractivity contribution in [1.82, 2.24) is 20.9 Å². The Morgan fingerprint density at radius 2 is 1.40 bits per heavy atom. The van der Waals surface area contributed by atoms with Gasteiger partial charge in [0, 0.05) is 18.7 Å². The van der Waals surface area contributed by atoms with Crippen LogP contribution < -0.4 is 16.0 Å². The Labute approximate surface area is 296 Å². The number of unbranched alkanes of at least 4 members (excludes halogenated alkanes) is 1. The standard InChI is InChI=1S/C40H52N4O6/c1-6-25-44(35(26-45)28(2)3)39(48)36(29(4)5)43-38(47)34(19-13-14-24-41-40(49)50-27-30-15-9-7-10-16-30)42-37(46)33-22-20-32(21-23-33)31-17-11-8-12-18-31/h7-12,15-18,20-23,26,28-29,34-36H,6,13-14,19,24-25,27H2,1-5H3,(H,41,49)(H,42,46)(H,43,47)/t34-,35+,36-/m0/s1. The monoisotopic (exact) mass is 684 g/mol. The predicted molar refractivity (Wildman–Crippen MR) is 195 cm³/mol. The summed E-state index contributed by atoms with van der Waals surface area (Å²) in [5.74, 6) is -1.63. The Kier molecular flexibility index (Phi) is 16.2. The maximum Gasteiger partial charge on any atom is 0.407 e. The van der Waals surface area contributed by atoms with Gasteiger partial charge in [-0.1, -0.05) is 107 Å². The van der Waals surface area contributed by atoms with Crippen LogP contribution in [0.5, 0.6) is 0 Å². The zero-order chi connectivity index (χ0) is 36.5. The molecule has 3 atom stereocenters. The molecule has 50 heavy (non-hydrogen) atoms. The number of carbonyl (C=O) groups is 5. The number of carbonyl (C=O) groups excluding carboxylic acids is 5. The number of alkyl carbamates (subject to hydrolysis) is 1. The highest BCUT2D eigenvalue weighted by atomic mass is 16.5. The van der Waals surface area contributed by atoms with Crippen LogP contribution in [0.15, 0.2) is 84.9 Å². The number of hydrogen-bond donors (Lipinski definition) is 3. The van der Waals surface area contributed by atoms with E-state index in [-0.39, 0.29) is 30.8 Å². The Bertz CT molecular complexity index is 1510. The molecule has 0 unspecified atom stereocenters. The fourth-order valence-corrected chi connectivity index (χ4v) is 5.58. The molecule has 3 N–H and O–H groups in total. The lowest BCUT2D eigenvalue weighted by Crippen LogP contribution is -2.58. The first-order chi connectivity index (χ1) is 24.0. The lowest BCUT2D eigenvalue weighted by Gasteiger charge is -2.35. The maximum atomic E-state index is 13.9. The highest BCUT2D eigenvalue weighted by Gasteiger charge is 2.35. The lowest BCUT2D eigenvalue weighted by atomic mass is 9.97. The summed E-state index contributed by atoms with van der Waals surface area (Å²) in [4.78, 5) is 66.9. The van der Waals surface area contributed by atoms with Crippen molar-refractivity contribution in [2.75, 3.05) is 13.1 Å². The third-order valence-electron chi connectivity index (χ3n) is 8.44. The minimum atomic E-state index is -0.957. The fraction of sp³-hybridized carbons (Fsp3) is 0.425. The number of hydrogen-bond acceptors (Lipinski definition) is 6. The molecule has 4 amide bonds. The van der Waals surface area contributed by atoms with E-state index < -0.39 is 36.0 Å². The fourth-order valence-electron chi connectivity index (χ4n) is 5.58. The van der Waals surface area contributed by atoms with Crippen molar-refractivity contribution in [3.8, 4) is 11.1 Å². The topological polar surface area (TPSA) is 134 Å². The summed E-state index contributed by atoms with van der Waals surface area (Å²) < 4.78 is 5.27. The van der Waals surface area contributed by atoms with Crippen LogP contribution in [0.2, 0.25) is 0 Å². The molecule has 3 aromatic carbocycles. The van der Waals surface area contributed by atoms with Gasteiger partial charge in [0.1, 0.15) is 25.0 Å². The minimum Gasteiger partial charge on any atom is -0.445 e. The van der Waals surface area contributed by atoms with Crippen molar-refractivity contribution in [2.24, 2.45) is 11.8 Å². The first-order valence-corrected chi connectivity index (χ1v) is 17.5. The maximum absolute atomic E-state index is 13.9. The first kappa shape index (κ1) is 39.4. The number of rotatable bonds is 19. The van der Waals surface area contributed by atoms with Gasteiger partial charge in [0.25, 0.3) is 5.91 Å². The van der Waals surface area contributed by atoms with E-state index in [1.54, 1.807) is 17.0 Å². The molecule has 0 radical (unpaired) electrons. The van der Waals surface area contributed by atoms with Crippen LogP contribution in [0.1, 0.15) is 76.2 Å². The number of amides is 4. The van der Waals surface area contributed by atoms with Crippen LogP contribution in [-0.4, -0.2) is 66.2 Å². The van der Waals surface area contributed by atoms with Gasteiger partial charge in [0.15, 0.2) is 0 Å². The summed E-state index contributed by atoms with van der Waals surface area (Å²) in [5.41, 5.74) is 3.24. The zero-order valence-electron chi connectivity index (χ0n) is 29.9. The van der Waals surface area contributed by atoms with Gasteiger partial charge in [-0.25, -0.2) is 4.79 Å². The van der Waals surface area contributed by atoms with Crippen LogP contribution in [0, 0.1) is 11.8 Å². The van der Waals surface area contributed by atoms with Crippen LogP contribution in [0.4, 0.5) is 4.79 Å². The van der Waals surface area contributed by atoms with E-state index in [1.807, 2.05) is 107 Å². The Balaban J connectivity index is 1.70. The molecule has 0 spiro atoms. The van der Waals surface area contributed by atoms with Crippen LogP contribution in [0.25, 0.3) is 11.1 Å². The molecule has 0 fully saturated rings. The van der Waals surface area contributed by atoms with Crippen molar-refractivity contribution >= 4 is 30.1 Å². The average Bonchev–Trinajstić information content (AvgIpc) is 3.12. The Morgan fingerprint density at radius 1 is 0.780 bits per heavy atom. The number of aldehydes is 1. The van der Waals surface area contributed by atoms with Crippen LogP contribution in [0.3, 0.4) is 0 Å². The summed E-state index contributed by atoms with van der Waals surface area (Å²) >= 11 is 0.